The van der Waals surface area contributed by atoms with Gasteiger partial charge in [0.1, 0.15) is 17.9 Å². The number of nitrogens with zero attached hydrogens (tertiary/aromatic N) is 4. The van der Waals surface area contributed by atoms with Gasteiger partial charge in [0.2, 0.25) is 6.41 Å². The Balaban J connectivity index is 0.000000313. The first-order chi connectivity index (χ1) is 12.8. The van der Waals surface area contributed by atoms with E-state index in [-0.39, 0.29) is 11.7 Å². The van der Waals surface area contributed by atoms with E-state index >= 15 is 0 Å². The summed E-state index contributed by atoms with van der Waals surface area (Å²) in [6, 6.07) is 7.77. The molecule has 2 aromatic rings. The lowest BCUT2D eigenvalue weighted by molar-refractivity contribution is -0.108. The summed E-state index contributed by atoms with van der Waals surface area (Å²) in [5.74, 6) is 0.590. The summed E-state index contributed by atoms with van der Waals surface area (Å²) in [7, 11) is 0. The fraction of sp³-hybridized carbons (Fsp3) is 0.294. The summed E-state index contributed by atoms with van der Waals surface area (Å²) < 4.78 is 29.2. The van der Waals surface area contributed by atoms with Gasteiger partial charge < -0.3 is 10.1 Å². The standard InChI is InChI=1S/C12H12ClF2N3O2.C5H6N2/c1-8-6-18(17-11(8)16-7-19)9-2-4-10(5-3-9)20-12(13,14)15;1-5-2-3-6-4-7-5/h2-5,7-8H,6H2,1H3,(H,16,17,19);2-4H,1H3. The van der Waals surface area contributed by atoms with E-state index in [1.807, 2.05) is 19.9 Å². The van der Waals surface area contributed by atoms with Crippen molar-refractivity contribution >= 4 is 29.5 Å². The van der Waals surface area contributed by atoms with Crippen molar-refractivity contribution in [3.8, 4) is 5.75 Å². The van der Waals surface area contributed by atoms with Crippen LogP contribution in [0.1, 0.15) is 12.6 Å². The summed E-state index contributed by atoms with van der Waals surface area (Å²) >= 11 is 4.68. The number of nitrogens with one attached hydrogen (secondary N) is 1. The number of carbonyl (C=O) groups is 1. The summed E-state index contributed by atoms with van der Waals surface area (Å²) in [5, 5.41) is 8.41. The predicted molar refractivity (Wildman–Crippen MR) is 97.8 cm³/mol. The Hall–Kier alpha value is -2.81. The van der Waals surface area contributed by atoms with Gasteiger partial charge in [-0.05, 0) is 37.3 Å². The topological polar surface area (TPSA) is 79.7 Å². The van der Waals surface area contributed by atoms with Crippen LogP contribution in [0.2, 0.25) is 0 Å². The number of hydrogen-bond donors (Lipinski definition) is 1. The van der Waals surface area contributed by atoms with Crippen molar-refractivity contribution in [3.05, 3.63) is 48.5 Å². The Labute approximate surface area is 160 Å². The molecule has 0 saturated carbocycles. The van der Waals surface area contributed by atoms with Crippen LogP contribution in [0.5, 0.6) is 5.75 Å². The second-order valence-electron chi connectivity index (χ2n) is 5.62. The molecule has 2 heterocycles. The minimum absolute atomic E-state index is 0.0452. The highest BCUT2D eigenvalue weighted by Gasteiger charge is 2.28. The van der Waals surface area contributed by atoms with E-state index in [2.05, 4.69) is 36.7 Å². The lowest BCUT2D eigenvalue weighted by atomic mass is 10.1. The molecule has 27 heavy (non-hydrogen) atoms. The molecule has 0 spiro atoms. The highest BCUT2D eigenvalue weighted by molar-refractivity contribution is 6.20. The summed E-state index contributed by atoms with van der Waals surface area (Å²) in [6.07, 6.45) is 3.83. The number of ether oxygens (including phenoxy) is 1. The second kappa shape index (κ2) is 9.22. The second-order valence-corrected chi connectivity index (χ2v) is 6.06. The molecule has 1 amide bonds. The molecule has 1 aliphatic heterocycles. The number of carbonyl (C=O) groups excluding carboxylic acids is 1. The van der Waals surface area contributed by atoms with E-state index in [1.54, 1.807) is 23.3 Å². The van der Waals surface area contributed by atoms with Crippen molar-refractivity contribution in [2.75, 3.05) is 11.6 Å². The molecule has 0 bridgehead atoms. The molecule has 0 fully saturated rings. The first kappa shape index (κ1) is 20.5. The lowest BCUT2D eigenvalue weighted by Gasteiger charge is -2.15. The van der Waals surface area contributed by atoms with Crippen molar-refractivity contribution < 1.29 is 18.3 Å². The number of amides is 1. The van der Waals surface area contributed by atoms with Gasteiger partial charge in [-0.25, -0.2) is 9.97 Å². The van der Waals surface area contributed by atoms with Crippen LogP contribution in [0.3, 0.4) is 0 Å². The number of hydrazone groups is 1. The van der Waals surface area contributed by atoms with E-state index in [1.165, 1.54) is 18.5 Å². The van der Waals surface area contributed by atoms with Crippen molar-refractivity contribution in [2.45, 2.75) is 19.4 Å². The van der Waals surface area contributed by atoms with Crippen LogP contribution in [0, 0.1) is 12.8 Å². The van der Waals surface area contributed by atoms with E-state index < -0.39 is 5.57 Å². The average Bonchev–Trinajstić information content (AvgIpc) is 2.97. The number of halogens is 3. The van der Waals surface area contributed by atoms with E-state index in [0.717, 1.165) is 5.69 Å². The first-order valence-corrected chi connectivity index (χ1v) is 8.31. The van der Waals surface area contributed by atoms with Crippen molar-refractivity contribution in [3.63, 3.8) is 0 Å². The number of aromatic nitrogens is 2. The number of aryl methyl sites for hydroxylation is 1. The minimum atomic E-state index is -3.73. The quantitative estimate of drug-likeness (QED) is 0.633. The Bertz CT molecular complexity index is 769. The molecular weight excluding hydrogens is 380 g/mol. The number of alkyl halides is 3. The molecule has 1 aliphatic rings. The van der Waals surface area contributed by atoms with Gasteiger partial charge in [-0.3, -0.25) is 9.80 Å². The Kier molecular flexibility index (Phi) is 7.00. The lowest BCUT2D eigenvalue weighted by Crippen LogP contribution is -2.26. The van der Waals surface area contributed by atoms with Crippen molar-refractivity contribution in [2.24, 2.45) is 11.0 Å². The van der Waals surface area contributed by atoms with Crippen LogP contribution >= 0.6 is 11.6 Å². The third-order valence-corrected chi connectivity index (χ3v) is 3.52. The van der Waals surface area contributed by atoms with Crippen LogP contribution in [-0.2, 0) is 4.79 Å². The SMILES string of the molecule is CC1CN(c2ccc(OC(F)(F)Cl)cc2)N=C1NC=O.Cc1ccncn1. The van der Waals surface area contributed by atoms with Gasteiger partial charge >= 0.3 is 5.57 Å². The third-order valence-electron chi connectivity index (χ3n) is 3.45. The monoisotopic (exact) mass is 397 g/mol. The average molecular weight is 398 g/mol. The van der Waals surface area contributed by atoms with E-state index in [4.69, 9.17) is 0 Å². The fourth-order valence-electron chi connectivity index (χ4n) is 2.19. The molecule has 7 nitrogen and oxygen atoms in total. The minimum Gasteiger partial charge on any atom is -0.420 e. The van der Waals surface area contributed by atoms with E-state index in [9.17, 15) is 13.6 Å². The van der Waals surface area contributed by atoms with Gasteiger partial charge in [0.25, 0.3) is 0 Å². The van der Waals surface area contributed by atoms with Gasteiger partial charge in [0.15, 0.2) is 0 Å². The Morgan fingerprint density at radius 2 is 2.04 bits per heavy atom. The van der Waals surface area contributed by atoms with Crippen LogP contribution < -0.4 is 15.1 Å². The predicted octanol–water partition coefficient (Wildman–Crippen LogP) is 3.16. The van der Waals surface area contributed by atoms with Crippen molar-refractivity contribution in [1.82, 2.24) is 15.3 Å². The maximum atomic E-state index is 12.5. The molecule has 1 N–H and O–H groups in total. The molecular formula is C17H18ClF2N5O2. The number of hydrogen-bond acceptors (Lipinski definition) is 6. The summed E-state index contributed by atoms with van der Waals surface area (Å²) in [5.41, 5.74) is -2.03. The van der Waals surface area contributed by atoms with Gasteiger partial charge in [0, 0.05) is 29.4 Å². The van der Waals surface area contributed by atoms with Gasteiger partial charge in [-0.1, -0.05) is 6.92 Å². The molecule has 1 aromatic carbocycles. The van der Waals surface area contributed by atoms with Crippen LogP contribution in [-0.4, -0.2) is 34.3 Å². The summed E-state index contributed by atoms with van der Waals surface area (Å²) in [6.45, 7) is 4.44. The zero-order valence-corrected chi connectivity index (χ0v) is 15.4. The molecule has 1 unspecified atom stereocenters. The van der Waals surface area contributed by atoms with Gasteiger partial charge in [-0.15, -0.1) is 8.78 Å². The number of amidine groups is 1. The highest BCUT2D eigenvalue weighted by Crippen LogP contribution is 2.28. The molecule has 10 heteroatoms. The first-order valence-electron chi connectivity index (χ1n) is 7.93. The molecule has 0 aliphatic carbocycles. The number of benzene rings is 1. The largest absolute Gasteiger partial charge is 0.487 e. The smallest absolute Gasteiger partial charge is 0.420 e. The molecule has 1 aromatic heterocycles. The molecule has 3 rings (SSSR count). The van der Waals surface area contributed by atoms with Crippen LogP contribution in [0.15, 0.2) is 48.0 Å². The third kappa shape index (κ3) is 6.78. The summed E-state index contributed by atoms with van der Waals surface area (Å²) in [4.78, 5) is 18.0. The zero-order valence-electron chi connectivity index (χ0n) is 14.6. The maximum absolute atomic E-state index is 12.5. The highest BCUT2D eigenvalue weighted by atomic mass is 35.5. The van der Waals surface area contributed by atoms with Crippen LogP contribution in [0.4, 0.5) is 14.5 Å². The molecule has 0 saturated heterocycles. The van der Waals surface area contributed by atoms with Gasteiger partial charge in [0.05, 0.1) is 12.2 Å². The van der Waals surface area contributed by atoms with E-state index in [0.29, 0.717) is 24.5 Å². The Morgan fingerprint density at radius 3 is 2.52 bits per heavy atom. The fourth-order valence-corrected chi connectivity index (χ4v) is 2.28. The normalized spacial score (nSPS) is 16.1. The number of rotatable bonds is 4. The maximum Gasteiger partial charge on any atom is 0.487 e. The zero-order chi connectivity index (χ0) is 19.9. The molecule has 1 atom stereocenters. The number of anilines is 1. The molecule has 0 radical (unpaired) electrons. The molecule has 144 valence electrons. The van der Waals surface area contributed by atoms with Gasteiger partial charge in [-0.2, -0.15) is 5.10 Å². The van der Waals surface area contributed by atoms with Crippen LogP contribution in [0.25, 0.3) is 0 Å². The Morgan fingerprint density at radius 1 is 1.33 bits per heavy atom. The van der Waals surface area contributed by atoms with Crippen molar-refractivity contribution in [1.29, 1.82) is 0 Å².